The van der Waals surface area contributed by atoms with Crippen molar-refractivity contribution < 1.29 is 28.2 Å². The predicted molar refractivity (Wildman–Crippen MR) is 82.9 cm³/mol. The minimum atomic E-state index is -3.78. The third-order valence-electron chi connectivity index (χ3n) is 4.13. The summed E-state index contributed by atoms with van der Waals surface area (Å²) in [5, 5.41) is 18.9. The lowest BCUT2D eigenvalue weighted by Crippen LogP contribution is -2.48. The van der Waals surface area contributed by atoms with Gasteiger partial charge in [-0.15, -0.1) is 0 Å². The van der Waals surface area contributed by atoms with Gasteiger partial charge in [0.2, 0.25) is 10.0 Å². The van der Waals surface area contributed by atoms with Gasteiger partial charge in [0.1, 0.15) is 5.75 Å². The normalized spacial score (nSPS) is 22.7. The molecule has 1 fully saturated rings. The maximum Gasteiger partial charge on any atom is 0.309 e. The standard InChI is InChI=1S/C15H21NO6S/c1-3-10-8-11(4-5-14(10)22-2)23(20,21)16-7-6-12(15(18)19)13(17)9-16/h4-5,8,12-13,17H,3,6-7,9H2,1-2H3,(H,18,19)/t12-,13+/m0/s1. The Bertz CT molecular complexity index is 687. The lowest BCUT2D eigenvalue weighted by molar-refractivity contribution is -0.147. The van der Waals surface area contributed by atoms with E-state index in [0.717, 1.165) is 9.87 Å². The zero-order valence-electron chi connectivity index (χ0n) is 13.1. The number of piperidine rings is 1. The Morgan fingerprint density at radius 1 is 1.43 bits per heavy atom. The summed E-state index contributed by atoms with van der Waals surface area (Å²) in [5.41, 5.74) is 0.773. The van der Waals surface area contributed by atoms with Crippen molar-refractivity contribution >= 4 is 16.0 Å². The van der Waals surface area contributed by atoms with Crippen molar-refractivity contribution in [3.8, 4) is 5.75 Å². The van der Waals surface area contributed by atoms with Crippen LogP contribution in [0.5, 0.6) is 5.75 Å². The van der Waals surface area contributed by atoms with Crippen molar-refractivity contribution in [3.05, 3.63) is 23.8 Å². The molecule has 2 N–H and O–H groups in total. The summed E-state index contributed by atoms with van der Waals surface area (Å²) in [7, 11) is -2.25. The second kappa shape index (κ2) is 6.86. The monoisotopic (exact) mass is 343 g/mol. The van der Waals surface area contributed by atoms with Crippen LogP contribution in [0.4, 0.5) is 0 Å². The lowest BCUT2D eigenvalue weighted by atomic mass is 9.95. The molecule has 0 aliphatic carbocycles. The van der Waals surface area contributed by atoms with E-state index in [-0.39, 0.29) is 24.4 Å². The Morgan fingerprint density at radius 2 is 2.13 bits per heavy atom. The van der Waals surface area contributed by atoms with E-state index >= 15 is 0 Å². The summed E-state index contributed by atoms with van der Waals surface area (Å²) in [6.45, 7) is 1.76. The molecule has 0 spiro atoms. The van der Waals surface area contributed by atoms with Gasteiger partial charge in [0.05, 0.1) is 24.0 Å². The first-order valence-electron chi connectivity index (χ1n) is 7.39. The van der Waals surface area contributed by atoms with E-state index in [1.807, 2.05) is 6.92 Å². The van der Waals surface area contributed by atoms with Crippen LogP contribution in [0, 0.1) is 5.92 Å². The Kier molecular flexibility index (Phi) is 5.28. The number of methoxy groups -OCH3 is 1. The molecule has 1 saturated heterocycles. The van der Waals surface area contributed by atoms with Gasteiger partial charge in [-0.2, -0.15) is 4.31 Å². The summed E-state index contributed by atoms with van der Waals surface area (Å²) in [6.07, 6.45) is -0.497. The molecule has 8 heteroatoms. The number of sulfonamides is 1. The third kappa shape index (κ3) is 3.49. The highest BCUT2D eigenvalue weighted by atomic mass is 32.2. The Labute approximate surface area is 135 Å². The summed E-state index contributed by atoms with van der Waals surface area (Å²) in [4.78, 5) is 11.1. The van der Waals surface area contributed by atoms with Crippen LogP contribution in [0.3, 0.4) is 0 Å². The van der Waals surface area contributed by atoms with E-state index in [9.17, 15) is 18.3 Å². The number of hydrogen-bond acceptors (Lipinski definition) is 5. The molecule has 7 nitrogen and oxygen atoms in total. The topological polar surface area (TPSA) is 104 Å². The number of carboxylic acids is 1. The molecule has 0 saturated carbocycles. The number of benzene rings is 1. The number of carbonyl (C=O) groups is 1. The van der Waals surface area contributed by atoms with Crippen LogP contribution in [0.1, 0.15) is 18.9 Å². The van der Waals surface area contributed by atoms with E-state index in [1.54, 1.807) is 12.1 Å². The number of carboxylic acid groups (broad SMARTS) is 1. The minimum absolute atomic E-state index is 0.0733. The number of aliphatic carboxylic acids is 1. The molecule has 0 aromatic heterocycles. The maximum absolute atomic E-state index is 12.7. The minimum Gasteiger partial charge on any atom is -0.496 e. The average molecular weight is 343 g/mol. The molecule has 1 aromatic carbocycles. The SMILES string of the molecule is CCc1cc(S(=O)(=O)N2CC[C@H](C(=O)O)[C@H](O)C2)ccc1OC. The van der Waals surface area contributed by atoms with Crippen LogP contribution >= 0.6 is 0 Å². The lowest BCUT2D eigenvalue weighted by Gasteiger charge is -2.33. The Morgan fingerprint density at radius 3 is 2.65 bits per heavy atom. The number of aryl methyl sites for hydroxylation is 1. The number of aliphatic hydroxyl groups excluding tert-OH is 1. The van der Waals surface area contributed by atoms with Crippen molar-refractivity contribution in [2.75, 3.05) is 20.2 Å². The van der Waals surface area contributed by atoms with Crippen LogP contribution in [-0.4, -0.2) is 55.2 Å². The number of aliphatic hydroxyl groups is 1. The number of rotatable bonds is 5. The molecule has 0 amide bonds. The number of ether oxygens (including phenoxy) is 1. The van der Waals surface area contributed by atoms with Gasteiger partial charge in [-0.05, 0) is 36.6 Å². The zero-order valence-corrected chi connectivity index (χ0v) is 13.9. The fourth-order valence-corrected chi connectivity index (χ4v) is 4.27. The van der Waals surface area contributed by atoms with Crippen molar-refractivity contribution in [1.82, 2.24) is 4.31 Å². The molecule has 0 radical (unpaired) electrons. The van der Waals surface area contributed by atoms with E-state index < -0.39 is 28.0 Å². The first-order chi connectivity index (χ1) is 10.8. The quantitative estimate of drug-likeness (QED) is 0.816. The van der Waals surface area contributed by atoms with Gasteiger partial charge in [0, 0.05) is 13.1 Å². The summed E-state index contributed by atoms with van der Waals surface area (Å²) >= 11 is 0. The summed E-state index contributed by atoms with van der Waals surface area (Å²) < 4.78 is 31.7. The number of nitrogens with zero attached hydrogens (tertiary/aromatic N) is 1. The van der Waals surface area contributed by atoms with Gasteiger partial charge in [0.15, 0.2) is 0 Å². The van der Waals surface area contributed by atoms with Crippen molar-refractivity contribution in [2.45, 2.75) is 30.8 Å². The Hall–Kier alpha value is -1.64. The van der Waals surface area contributed by atoms with Gasteiger partial charge in [-0.1, -0.05) is 6.92 Å². The van der Waals surface area contributed by atoms with Crippen LogP contribution < -0.4 is 4.74 Å². The molecule has 0 bridgehead atoms. The average Bonchev–Trinajstić information content (AvgIpc) is 2.53. The third-order valence-corrected chi connectivity index (χ3v) is 5.99. The zero-order chi connectivity index (χ0) is 17.2. The predicted octanol–water partition coefficient (Wildman–Crippen LogP) is 0.714. The number of hydrogen-bond donors (Lipinski definition) is 2. The first kappa shape index (κ1) is 17.7. The molecule has 0 unspecified atom stereocenters. The molecule has 1 aliphatic rings. The fourth-order valence-electron chi connectivity index (χ4n) is 2.75. The Balaban J connectivity index is 2.27. The van der Waals surface area contributed by atoms with Gasteiger partial charge >= 0.3 is 5.97 Å². The van der Waals surface area contributed by atoms with E-state index in [0.29, 0.717) is 12.2 Å². The van der Waals surface area contributed by atoms with Crippen molar-refractivity contribution in [2.24, 2.45) is 5.92 Å². The largest absolute Gasteiger partial charge is 0.496 e. The van der Waals surface area contributed by atoms with Gasteiger partial charge in [-0.3, -0.25) is 4.79 Å². The molecular weight excluding hydrogens is 322 g/mol. The highest BCUT2D eigenvalue weighted by Gasteiger charge is 2.38. The molecule has 1 aromatic rings. The van der Waals surface area contributed by atoms with Gasteiger partial charge < -0.3 is 14.9 Å². The van der Waals surface area contributed by atoms with Crippen LogP contribution in [0.2, 0.25) is 0 Å². The second-order valence-electron chi connectivity index (χ2n) is 5.49. The highest BCUT2D eigenvalue weighted by Crippen LogP contribution is 2.28. The van der Waals surface area contributed by atoms with E-state index in [4.69, 9.17) is 9.84 Å². The van der Waals surface area contributed by atoms with Crippen LogP contribution in [-0.2, 0) is 21.2 Å². The van der Waals surface area contributed by atoms with E-state index in [2.05, 4.69) is 0 Å². The summed E-state index contributed by atoms with van der Waals surface area (Å²) in [5.74, 6) is -1.41. The van der Waals surface area contributed by atoms with Crippen molar-refractivity contribution in [1.29, 1.82) is 0 Å². The molecule has 2 atom stereocenters. The van der Waals surface area contributed by atoms with Crippen molar-refractivity contribution in [3.63, 3.8) is 0 Å². The highest BCUT2D eigenvalue weighted by molar-refractivity contribution is 7.89. The molecule has 1 aliphatic heterocycles. The molecule has 128 valence electrons. The second-order valence-corrected chi connectivity index (χ2v) is 7.43. The fraction of sp³-hybridized carbons (Fsp3) is 0.533. The van der Waals surface area contributed by atoms with Crippen LogP contribution in [0.15, 0.2) is 23.1 Å². The van der Waals surface area contributed by atoms with E-state index in [1.165, 1.54) is 13.2 Å². The molecule has 2 rings (SSSR count). The molecular formula is C15H21NO6S. The smallest absolute Gasteiger partial charge is 0.309 e. The van der Waals surface area contributed by atoms with Gasteiger partial charge in [0.25, 0.3) is 0 Å². The van der Waals surface area contributed by atoms with Crippen LogP contribution in [0.25, 0.3) is 0 Å². The first-order valence-corrected chi connectivity index (χ1v) is 8.83. The summed E-state index contributed by atoms with van der Waals surface area (Å²) in [6, 6.07) is 4.62. The maximum atomic E-state index is 12.7. The molecule has 23 heavy (non-hydrogen) atoms. The molecule has 1 heterocycles. The van der Waals surface area contributed by atoms with Gasteiger partial charge in [-0.25, -0.2) is 8.42 Å². The number of β-amino-alcohol motifs (C(OH)–C–C–N with tert-alkyl or cyclic N) is 1.